The zero-order chi connectivity index (χ0) is 23.6. The molecule has 2 N–H and O–H groups in total. The van der Waals surface area contributed by atoms with Crippen molar-refractivity contribution in [2.45, 2.75) is 57.7 Å². The molecule has 1 aliphatic heterocycles. The molecule has 0 unspecified atom stereocenters. The average molecular weight is 454 g/mol. The molecular weight excluding hydrogens is 421 g/mol. The molecule has 4 rings (SSSR count). The molecule has 33 heavy (non-hydrogen) atoms. The molecule has 7 heteroatoms. The molecule has 3 amide bonds. The van der Waals surface area contributed by atoms with Gasteiger partial charge in [-0.05, 0) is 74.8 Å². The maximum atomic E-state index is 13.5. The number of carbonyl (C=O) groups is 2. The number of carbonyl (C=O) groups excluding carboxylic acids is 2. The van der Waals surface area contributed by atoms with Crippen LogP contribution < -0.4 is 10.6 Å². The van der Waals surface area contributed by atoms with E-state index in [-0.39, 0.29) is 23.9 Å². The fourth-order valence-corrected chi connectivity index (χ4v) is 4.62. The van der Waals surface area contributed by atoms with E-state index < -0.39 is 11.7 Å². The third-order valence-corrected chi connectivity index (χ3v) is 6.23. The van der Waals surface area contributed by atoms with Gasteiger partial charge in [-0.3, -0.25) is 0 Å². The van der Waals surface area contributed by atoms with Crippen molar-refractivity contribution in [1.29, 1.82) is 0 Å². The molecule has 0 aromatic heterocycles. The molecule has 1 atom stereocenters. The number of benzene rings is 2. The summed E-state index contributed by atoms with van der Waals surface area (Å²) >= 11 is 0. The van der Waals surface area contributed by atoms with Crippen molar-refractivity contribution in [3.63, 3.8) is 0 Å². The van der Waals surface area contributed by atoms with Crippen LogP contribution in [0.5, 0.6) is 0 Å². The Morgan fingerprint density at radius 1 is 1.09 bits per heavy atom. The van der Waals surface area contributed by atoms with Crippen LogP contribution >= 0.6 is 0 Å². The van der Waals surface area contributed by atoms with E-state index in [0.717, 1.165) is 30.4 Å². The summed E-state index contributed by atoms with van der Waals surface area (Å²) < 4.78 is 18.8. The molecule has 1 fully saturated rings. The van der Waals surface area contributed by atoms with E-state index in [1.54, 1.807) is 12.1 Å². The monoisotopic (exact) mass is 453 g/mol. The lowest BCUT2D eigenvalue weighted by molar-refractivity contribution is 0.0452. The molecule has 2 aromatic rings. The first-order valence-corrected chi connectivity index (χ1v) is 11.6. The highest BCUT2D eigenvalue weighted by Gasteiger charge is 2.35. The zero-order valence-electron chi connectivity index (χ0n) is 19.4. The maximum Gasteiger partial charge on any atom is 0.407 e. The summed E-state index contributed by atoms with van der Waals surface area (Å²) in [5.41, 5.74) is 2.67. The van der Waals surface area contributed by atoms with E-state index >= 15 is 0 Å². The van der Waals surface area contributed by atoms with E-state index in [1.165, 1.54) is 17.7 Å². The highest BCUT2D eigenvalue weighted by Crippen LogP contribution is 2.35. The molecule has 176 valence electrons. The minimum absolute atomic E-state index is 0.0792. The van der Waals surface area contributed by atoms with Crippen LogP contribution in [0.4, 0.5) is 14.0 Å². The number of hydrogen-bond donors (Lipinski definition) is 2. The molecule has 6 nitrogen and oxygen atoms in total. The van der Waals surface area contributed by atoms with E-state index in [9.17, 15) is 14.0 Å². The molecule has 0 bridgehead atoms. The van der Waals surface area contributed by atoms with Crippen LogP contribution in [-0.2, 0) is 11.2 Å². The third-order valence-electron chi connectivity index (χ3n) is 6.23. The second-order valence-corrected chi connectivity index (χ2v) is 9.96. The van der Waals surface area contributed by atoms with Gasteiger partial charge in [-0.15, -0.1) is 0 Å². The second kappa shape index (κ2) is 9.41. The highest BCUT2D eigenvalue weighted by molar-refractivity contribution is 5.76. The fourth-order valence-electron chi connectivity index (χ4n) is 4.62. The number of rotatable bonds is 4. The van der Waals surface area contributed by atoms with Gasteiger partial charge in [0, 0.05) is 19.1 Å². The molecular formula is C26H32FN3O3. The first kappa shape index (κ1) is 23.1. The number of ether oxygens (including phenoxy) is 1. The van der Waals surface area contributed by atoms with Crippen molar-refractivity contribution in [2.24, 2.45) is 5.92 Å². The van der Waals surface area contributed by atoms with Gasteiger partial charge in [-0.25, -0.2) is 14.0 Å². The molecule has 1 aliphatic carbocycles. The topological polar surface area (TPSA) is 70.7 Å². The number of fused-ring (bicyclic) bond motifs is 1. The number of hydrogen-bond acceptors (Lipinski definition) is 3. The SMILES string of the molecule is CC(C)(C)OC(=O)N[C@H]1C[C@@H](CNC(=O)N2CCc3ccccc3[C@@H]2c2ccc(F)cc2)C1. The van der Waals surface area contributed by atoms with Crippen LogP contribution in [0, 0.1) is 11.7 Å². The smallest absolute Gasteiger partial charge is 0.407 e. The molecule has 1 heterocycles. The van der Waals surface area contributed by atoms with Crippen molar-refractivity contribution >= 4 is 12.1 Å². The normalized spacial score (nSPS) is 22.1. The molecule has 1 saturated carbocycles. The molecule has 2 aromatic carbocycles. The highest BCUT2D eigenvalue weighted by atomic mass is 19.1. The van der Waals surface area contributed by atoms with E-state index in [1.807, 2.05) is 43.9 Å². The predicted molar refractivity (Wildman–Crippen MR) is 124 cm³/mol. The van der Waals surface area contributed by atoms with E-state index in [0.29, 0.717) is 19.0 Å². The Bertz CT molecular complexity index is 997. The van der Waals surface area contributed by atoms with Crippen LogP contribution in [0.2, 0.25) is 0 Å². The fraction of sp³-hybridized carbons (Fsp3) is 0.462. The largest absolute Gasteiger partial charge is 0.444 e. The Morgan fingerprint density at radius 3 is 2.48 bits per heavy atom. The Kier molecular flexibility index (Phi) is 6.58. The van der Waals surface area contributed by atoms with Crippen molar-refractivity contribution in [1.82, 2.24) is 15.5 Å². The zero-order valence-corrected chi connectivity index (χ0v) is 19.4. The van der Waals surface area contributed by atoms with Gasteiger partial charge in [0.05, 0.1) is 6.04 Å². The van der Waals surface area contributed by atoms with Crippen LogP contribution in [0.1, 0.15) is 56.3 Å². The lowest BCUT2D eigenvalue weighted by atomic mass is 9.80. The summed E-state index contributed by atoms with van der Waals surface area (Å²) in [5, 5.41) is 5.96. The van der Waals surface area contributed by atoms with Gasteiger partial charge in [0.1, 0.15) is 11.4 Å². The minimum atomic E-state index is -0.519. The van der Waals surface area contributed by atoms with Crippen molar-refractivity contribution in [2.75, 3.05) is 13.1 Å². The predicted octanol–water partition coefficient (Wildman–Crippen LogP) is 4.79. The first-order chi connectivity index (χ1) is 15.7. The lowest BCUT2D eigenvalue weighted by Gasteiger charge is -2.39. The summed E-state index contributed by atoms with van der Waals surface area (Å²) in [6.45, 7) is 6.66. The summed E-state index contributed by atoms with van der Waals surface area (Å²) in [7, 11) is 0. The van der Waals surface area contributed by atoms with Gasteiger partial charge >= 0.3 is 12.1 Å². The maximum absolute atomic E-state index is 13.5. The van der Waals surface area contributed by atoms with Crippen molar-refractivity contribution < 1.29 is 18.7 Å². The summed E-state index contributed by atoms with van der Waals surface area (Å²) in [6, 6.07) is 14.2. The van der Waals surface area contributed by atoms with E-state index in [4.69, 9.17) is 4.74 Å². The molecule has 2 aliphatic rings. The first-order valence-electron chi connectivity index (χ1n) is 11.6. The number of urea groups is 1. The van der Waals surface area contributed by atoms with Gasteiger partial charge in [0.2, 0.25) is 0 Å². The van der Waals surface area contributed by atoms with Gasteiger partial charge in [-0.1, -0.05) is 36.4 Å². The van der Waals surface area contributed by atoms with Crippen LogP contribution in [0.3, 0.4) is 0 Å². The van der Waals surface area contributed by atoms with Gasteiger partial charge < -0.3 is 20.3 Å². The average Bonchev–Trinajstić information content (AvgIpc) is 2.73. The number of nitrogens with one attached hydrogen (secondary N) is 2. The Balaban J connectivity index is 1.35. The Morgan fingerprint density at radius 2 is 1.79 bits per heavy atom. The van der Waals surface area contributed by atoms with Gasteiger partial charge in [0.25, 0.3) is 0 Å². The Hall–Kier alpha value is -3.09. The number of alkyl carbamates (subject to hydrolysis) is 1. The number of halogens is 1. The van der Waals surface area contributed by atoms with Gasteiger partial charge in [-0.2, -0.15) is 0 Å². The van der Waals surface area contributed by atoms with Gasteiger partial charge in [0.15, 0.2) is 0 Å². The van der Waals surface area contributed by atoms with Crippen molar-refractivity contribution in [3.8, 4) is 0 Å². The number of nitrogens with zero attached hydrogens (tertiary/aromatic N) is 1. The molecule has 0 radical (unpaired) electrons. The summed E-state index contributed by atoms with van der Waals surface area (Å²) in [6.07, 6.45) is 2.00. The standard InChI is InChI=1S/C26H32FN3O3/c1-26(2,3)33-25(32)29-21-14-17(15-21)16-28-24(31)30-13-12-18-6-4-5-7-22(18)23(30)19-8-10-20(27)11-9-19/h4-11,17,21,23H,12-16H2,1-3H3,(H,28,31)(H,29,32)/t17-,21+,23-/m0/s1. The minimum Gasteiger partial charge on any atom is -0.444 e. The Labute approximate surface area is 194 Å². The van der Waals surface area contributed by atoms with E-state index in [2.05, 4.69) is 16.7 Å². The quantitative estimate of drug-likeness (QED) is 0.700. The van der Waals surface area contributed by atoms with Crippen LogP contribution in [0.25, 0.3) is 0 Å². The molecule has 0 saturated heterocycles. The summed E-state index contributed by atoms with van der Waals surface area (Å²) in [5.74, 6) is 0.0219. The molecule has 0 spiro atoms. The van der Waals surface area contributed by atoms with Crippen molar-refractivity contribution in [3.05, 3.63) is 71.0 Å². The van der Waals surface area contributed by atoms with Crippen LogP contribution in [0.15, 0.2) is 48.5 Å². The number of amides is 3. The summed E-state index contributed by atoms with van der Waals surface area (Å²) in [4.78, 5) is 26.9. The van der Waals surface area contributed by atoms with Crippen LogP contribution in [-0.4, -0.2) is 41.8 Å². The third kappa shape index (κ3) is 5.64. The lowest BCUT2D eigenvalue weighted by Crippen LogP contribution is -2.51. The second-order valence-electron chi connectivity index (χ2n) is 9.96.